The average Bonchev–Trinajstić information content (AvgIpc) is 2.94. The predicted octanol–water partition coefficient (Wildman–Crippen LogP) is 3.78. The Morgan fingerprint density at radius 1 is 1.06 bits per heavy atom. The van der Waals surface area contributed by atoms with Crippen molar-refractivity contribution in [2.45, 2.75) is 26.2 Å². The lowest BCUT2D eigenvalue weighted by Gasteiger charge is -2.11. The van der Waals surface area contributed by atoms with E-state index in [0.29, 0.717) is 17.5 Å². The summed E-state index contributed by atoms with van der Waals surface area (Å²) in [6, 6.07) is 7.63. The Morgan fingerprint density at radius 2 is 1.83 bits per heavy atom. The van der Waals surface area contributed by atoms with Gasteiger partial charge in [-0.1, -0.05) is 32.9 Å². The zero-order valence-corrected chi connectivity index (χ0v) is 10.6. The number of aromatic nitrogens is 2. The van der Waals surface area contributed by atoms with Crippen molar-refractivity contribution in [2.75, 3.05) is 0 Å². The zero-order valence-electron chi connectivity index (χ0n) is 10.6. The number of fused-ring (bicyclic) bond motifs is 1. The second kappa shape index (κ2) is 3.70. The van der Waals surface area contributed by atoms with Gasteiger partial charge in [-0.25, -0.2) is 9.97 Å². The van der Waals surface area contributed by atoms with E-state index in [2.05, 4.69) is 30.7 Å². The van der Waals surface area contributed by atoms with Crippen LogP contribution in [0.1, 0.15) is 26.7 Å². The topological polar surface area (TPSA) is 52.1 Å². The van der Waals surface area contributed by atoms with Gasteiger partial charge in [0.05, 0.1) is 6.20 Å². The molecular formula is C14H14N2O2. The second-order valence-corrected chi connectivity index (χ2v) is 5.27. The van der Waals surface area contributed by atoms with Crippen LogP contribution in [0.25, 0.3) is 22.8 Å². The van der Waals surface area contributed by atoms with Gasteiger partial charge in [0, 0.05) is 5.41 Å². The molecule has 2 aromatic heterocycles. The summed E-state index contributed by atoms with van der Waals surface area (Å²) in [7, 11) is 0. The monoisotopic (exact) mass is 242 g/mol. The van der Waals surface area contributed by atoms with E-state index >= 15 is 0 Å². The first-order chi connectivity index (χ1) is 8.54. The molecule has 0 aliphatic rings. The van der Waals surface area contributed by atoms with Crippen molar-refractivity contribution in [1.29, 1.82) is 0 Å². The molecule has 0 saturated heterocycles. The maximum atomic E-state index is 5.70. The highest BCUT2D eigenvalue weighted by molar-refractivity contribution is 5.74. The highest BCUT2D eigenvalue weighted by Gasteiger charge is 2.22. The molecular weight excluding hydrogens is 228 g/mol. The van der Waals surface area contributed by atoms with E-state index in [4.69, 9.17) is 8.83 Å². The van der Waals surface area contributed by atoms with Crippen LogP contribution in [-0.4, -0.2) is 9.97 Å². The highest BCUT2D eigenvalue weighted by Crippen LogP contribution is 2.28. The molecule has 0 aliphatic heterocycles. The number of nitrogens with zero attached hydrogens (tertiary/aromatic N) is 2. The van der Waals surface area contributed by atoms with Crippen LogP contribution in [0, 0.1) is 0 Å². The van der Waals surface area contributed by atoms with Crippen molar-refractivity contribution in [3.05, 3.63) is 36.4 Å². The maximum Gasteiger partial charge on any atom is 0.265 e. The standard InChI is InChI=1S/C14H14N2O2/c1-14(2,3)13-15-8-11(18-13)12-16-9-6-4-5-7-10(9)17-12/h4-8H,1-3H3. The molecule has 0 spiro atoms. The van der Waals surface area contributed by atoms with Crippen molar-refractivity contribution >= 4 is 11.1 Å². The molecule has 4 nitrogen and oxygen atoms in total. The minimum absolute atomic E-state index is 0.121. The minimum Gasteiger partial charge on any atom is -0.435 e. The molecule has 18 heavy (non-hydrogen) atoms. The Kier molecular flexibility index (Phi) is 2.26. The summed E-state index contributed by atoms with van der Waals surface area (Å²) in [5.41, 5.74) is 1.45. The summed E-state index contributed by atoms with van der Waals surface area (Å²) < 4.78 is 11.3. The molecule has 0 atom stereocenters. The lowest BCUT2D eigenvalue weighted by atomic mass is 9.97. The quantitative estimate of drug-likeness (QED) is 0.651. The van der Waals surface area contributed by atoms with Gasteiger partial charge in [0.2, 0.25) is 11.7 Å². The van der Waals surface area contributed by atoms with Crippen molar-refractivity contribution in [3.8, 4) is 11.7 Å². The first kappa shape index (κ1) is 11.0. The van der Waals surface area contributed by atoms with Gasteiger partial charge in [-0.3, -0.25) is 0 Å². The largest absolute Gasteiger partial charge is 0.435 e. The molecule has 0 N–H and O–H groups in total. The van der Waals surface area contributed by atoms with Crippen LogP contribution in [0.15, 0.2) is 39.3 Å². The van der Waals surface area contributed by atoms with Gasteiger partial charge < -0.3 is 8.83 Å². The fourth-order valence-corrected chi connectivity index (χ4v) is 1.70. The van der Waals surface area contributed by atoms with Gasteiger partial charge in [-0.2, -0.15) is 0 Å². The van der Waals surface area contributed by atoms with Gasteiger partial charge in [0.1, 0.15) is 5.52 Å². The van der Waals surface area contributed by atoms with E-state index in [1.165, 1.54) is 0 Å². The van der Waals surface area contributed by atoms with E-state index < -0.39 is 0 Å². The third-order valence-corrected chi connectivity index (χ3v) is 2.65. The average molecular weight is 242 g/mol. The number of rotatable bonds is 1. The highest BCUT2D eigenvalue weighted by atomic mass is 16.4. The molecule has 0 bridgehead atoms. The van der Waals surface area contributed by atoms with Gasteiger partial charge in [-0.05, 0) is 12.1 Å². The number of hydrogen-bond acceptors (Lipinski definition) is 4. The molecule has 2 heterocycles. The molecule has 1 aromatic carbocycles. The van der Waals surface area contributed by atoms with Crippen LogP contribution in [0.3, 0.4) is 0 Å². The Labute approximate surface area is 105 Å². The molecule has 0 aliphatic carbocycles. The predicted molar refractivity (Wildman–Crippen MR) is 68.2 cm³/mol. The van der Waals surface area contributed by atoms with Gasteiger partial charge in [-0.15, -0.1) is 0 Å². The fraction of sp³-hybridized carbons (Fsp3) is 0.286. The van der Waals surface area contributed by atoms with E-state index in [-0.39, 0.29) is 5.41 Å². The van der Waals surface area contributed by atoms with Gasteiger partial charge >= 0.3 is 0 Å². The molecule has 0 fully saturated rings. The Bertz CT molecular complexity index is 656. The summed E-state index contributed by atoms with van der Waals surface area (Å²) in [5.74, 6) is 1.72. The fourth-order valence-electron chi connectivity index (χ4n) is 1.70. The van der Waals surface area contributed by atoms with Crippen LogP contribution in [-0.2, 0) is 5.41 Å². The summed E-state index contributed by atoms with van der Waals surface area (Å²) in [4.78, 5) is 8.65. The van der Waals surface area contributed by atoms with Crippen molar-refractivity contribution in [2.24, 2.45) is 0 Å². The smallest absolute Gasteiger partial charge is 0.265 e. The summed E-state index contributed by atoms with van der Waals surface area (Å²) >= 11 is 0. The maximum absolute atomic E-state index is 5.70. The summed E-state index contributed by atoms with van der Waals surface area (Å²) in [6.07, 6.45) is 1.66. The van der Waals surface area contributed by atoms with Gasteiger partial charge in [0.25, 0.3) is 5.89 Å². The van der Waals surface area contributed by atoms with Crippen molar-refractivity contribution < 1.29 is 8.83 Å². The first-order valence-corrected chi connectivity index (χ1v) is 5.86. The number of para-hydroxylation sites is 2. The molecule has 3 aromatic rings. The normalized spacial score (nSPS) is 12.2. The molecule has 3 rings (SSSR count). The number of oxazole rings is 2. The van der Waals surface area contributed by atoms with E-state index in [9.17, 15) is 0 Å². The van der Waals surface area contributed by atoms with Crippen LogP contribution in [0.2, 0.25) is 0 Å². The Balaban J connectivity index is 2.06. The third kappa shape index (κ3) is 1.79. The van der Waals surface area contributed by atoms with Crippen molar-refractivity contribution in [1.82, 2.24) is 9.97 Å². The second-order valence-electron chi connectivity index (χ2n) is 5.27. The van der Waals surface area contributed by atoms with Crippen molar-refractivity contribution in [3.63, 3.8) is 0 Å². The number of benzene rings is 1. The van der Waals surface area contributed by atoms with E-state index in [1.54, 1.807) is 6.20 Å². The molecule has 0 radical (unpaired) electrons. The van der Waals surface area contributed by atoms with Crippen LogP contribution < -0.4 is 0 Å². The Hall–Kier alpha value is -2.10. The van der Waals surface area contributed by atoms with Crippen LogP contribution in [0.4, 0.5) is 0 Å². The molecule has 4 heteroatoms. The summed E-state index contributed by atoms with van der Waals surface area (Å²) in [5, 5.41) is 0. The van der Waals surface area contributed by atoms with Gasteiger partial charge in [0.15, 0.2) is 5.58 Å². The lowest BCUT2D eigenvalue weighted by molar-refractivity contribution is 0.393. The third-order valence-electron chi connectivity index (χ3n) is 2.65. The van der Waals surface area contributed by atoms with E-state index in [1.807, 2.05) is 24.3 Å². The molecule has 0 saturated carbocycles. The summed E-state index contributed by atoms with van der Waals surface area (Å²) in [6.45, 7) is 6.15. The van der Waals surface area contributed by atoms with Crippen LogP contribution >= 0.6 is 0 Å². The Morgan fingerprint density at radius 3 is 2.50 bits per heavy atom. The lowest BCUT2D eigenvalue weighted by Crippen LogP contribution is -2.10. The number of hydrogen-bond donors (Lipinski definition) is 0. The first-order valence-electron chi connectivity index (χ1n) is 5.86. The zero-order chi connectivity index (χ0) is 12.8. The van der Waals surface area contributed by atoms with E-state index in [0.717, 1.165) is 11.1 Å². The molecule has 0 amide bonds. The van der Waals surface area contributed by atoms with Crippen LogP contribution in [0.5, 0.6) is 0 Å². The SMILES string of the molecule is CC(C)(C)c1ncc(-c2nc3ccccc3o2)o1. The minimum atomic E-state index is -0.121. The molecule has 92 valence electrons. The molecule has 0 unspecified atom stereocenters.